The summed E-state index contributed by atoms with van der Waals surface area (Å²) in [5.41, 5.74) is 2.86. The number of pyridine rings is 1. The van der Waals surface area contributed by atoms with Crippen molar-refractivity contribution in [3.63, 3.8) is 0 Å². The minimum Gasteiger partial charge on any atom is -0.464 e. The van der Waals surface area contributed by atoms with Crippen molar-refractivity contribution in [2.24, 2.45) is 0 Å². The molecule has 1 saturated heterocycles. The number of hydrogen-bond acceptors (Lipinski definition) is 8. The third kappa shape index (κ3) is 3.78. The molecule has 166 valence electrons. The fourth-order valence-electron chi connectivity index (χ4n) is 3.85. The summed E-state index contributed by atoms with van der Waals surface area (Å²) in [6.45, 7) is 1.37. The molecule has 3 heterocycles. The van der Waals surface area contributed by atoms with Crippen LogP contribution in [0.4, 0.5) is 0 Å². The molecule has 5 atom stereocenters. The molecule has 0 aliphatic carbocycles. The second kappa shape index (κ2) is 8.96. The average Bonchev–Trinajstić information content (AvgIpc) is 3.33. The van der Waals surface area contributed by atoms with Crippen LogP contribution in [0, 0.1) is 22.9 Å². The lowest BCUT2D eigenvalue weighted by Crippen LogP contribution is -2.56. The summed E-state index contributed by atoms with van der Waals surface area (Å²) in [5, 5.41) is 50.7. The Labute approximate surface area is 189 Å². The van der Waals surface area contributed by atoms with E-state index in [1.54, 1.807) is 18.2 Å². The van der Waals surface area contributed by atoms with Gasteiger partial charge in [-0.15, -0.1) is 0 Å². The number of nitriles is 1. The lowest BCUT2D eigenvalue weighted by atomic mass is 9.96. The van der Waals surface area contributed by atoms with Gasteiger partial charge in [0.15, 0.2) is 6.23 Å². The Morgan fingerprint density at radius 3 is 2.41 bits per heavy atom. The van der Waals surface area contributed by atoms with E-state index >= 15 is 0 Å². The van der Waals surface area contributed by atoms with Crippen LogP contribution in [0.5, 0.6) is 0 Å². The molecule has 4 N–H and O–H groups in total. The molecule has 32 heavy (non-hydrogen) atoms. The predicted molar refractivity (Wildman–Crippen MR) is 117 cm³/mol. The van der Waals surface area contributed by atoms with Crippen molar-refractivity contribution in [1.29, 1.82) is 5.26 Å². The van der Waals surface area contributed by atoms with Gasteiger partial charge < -0.3 is 34.1 Å². The molecular formula is C23H22N2O6S. The molecule has 0 spiro atoms. The maximum absolute atomic E-state index is 10.7. The van der Waals surface area contributed by atoms with Gasteiger partial charge in [-0.3, -0.25) is 0 Å². The second-order valence-corrected chi connectivity index (χ2v) is 8.05. The SMILES string of the molecule is Cc1ccc(-c2cc(-c3ccco3)c(C#N)c(=S)n2[C@@H]2O[C@H](CO)[C@@H](O)[C@H](O)[C@H]2O)cc1. The van der Waals surface area contributed by atoms with Gasteiger partial charge in [0, 0.05) is 5.56 Å². The number of aliphatic hydroxyl groups excluding tert-OH is 4. The van der Waals surface area contributed by atoms with Crippen molar-refractivity contribution in [3.05, 3.63) is 64.5 Å². The van der Waals surface area contributed by atoms with Crippen LogP contribution in [0.2, 0.25) is 0 Å². The summed E-state index contributed by atoms with van der Waals surface area (Å²) in [4.78, 5) is 0. The normalized spacial score (nSPS) is 25.4. The molecule has 9 heteroatoms. The molecule has 0 unspecified atom stereocenters. The molecule has 4 rings (SSSR count). The van der Waals surface area contributed by atoms with E-state index in [2.05, 4.69) is 6.07 Å². The Morgan fingerprint density at radius 2 is 1.81 bits per heavy atom. The molecule has 8 nitrogen and oxygen atoms in total. The summed E-state index contributed by atoms with van der Waals surface area (Å²) in [5.74, 6) is 0.446. The lowest BCUT2D eigenvalue weighted by Gasteiger charge is -2.41. The van der Waals surface area contributed by atoms with Crippen LogP contribution in [0.3, 0.4) is 0 Å². The van der Waals surface area contributed by atoms with Crippen LogP contribution < -0.4 is 0 Å². The van der Waals surface area contributed by atoms with Crippen LogP contribution in [-0.2, 0) is 4.74 Å². The van der Waals surface area contributed by atoms with Gasteiger partial charge in [0.1, 0.15) is 40.9 Å². The van der Waals surface area contributed by atoms with E-state index in [4.69, 9.17) is 21.4 Å². The monoisotopic (exact) mass is 454 g/mol. The Bertz CT molecular complexity index is 1200. The number of rotatable bonds is 4. The van der Waals surface area contributed by atoms with Crippen LogP contribution in [-0.4, -0.2) is 56.0 Å². The van der Waals surface area contributed by atoms with Crippen molar-refractivity contribution in [3.8, 4) is 28.7 Å². The first kappa shape index (κ1) is 22.4. The Kier molecular flexibility index (Phi) is 6.26. The third-order valence-corrected chi connectivity index (χ3v) is 6.01. The summed E-state index contributed by atoms with van der Waals surface area (Å²) >= 11 is 5.64. The molecule has 1 aliphatic rings. The number of hydrogen-bond donors (Lipinski definition) is 4. The van der Waals surface area contributed by atoms with Gasteiger partial charge in [-0.1, -0.05) is 42.0 Å². The van der Waals surface area contributed by atoms with Crippen LogP contribution in [0.25, 0.3) is 22.6 Å². The first-order valence-electron chi connectivity index (χ1n) is 9.98. The topological polar surface area (TPSA) is 132 Å². The van der Waals surface area contributed by atoms with E-state index in [1.807, 2.05) is 31.2 Å². The van der Waals surface area contributed by atoms with E-state index in [0.29, 0.717) is 17.0 Å². The first-order valence-corrected chi connectivity index (χ1v) is 10.4. The molecular weight excluding hydrogens is 432 g/mol. The van der Waals surface area contributed by atoms with E-state index in [1.165, 1.54) is 10.8 Å². The third-order valence-electron chi connectivity index (χ3n) is 5.61. The van der Waals surface area contributed by atoms with Gasteiger partial charge >= 0.3 is 0 Å². The van der Waals surface area contributed by atoms with Gasteiger partial charge in [0.2, 0.25) is 0 Å². The zero-order chi connectivity index (χ0) is 23.0. The molecule has 1 aliphatic heterocycles. The van der Waals surface area contributed by atoms with E-state index in [-0.39, 0.29) is 10.2 Å². The Balaban J connectivity index is 2.00. The molecule has 0 radical (unpaired) electrons. The largest absolute Gasteiger partial charge is 0.464 e. The van der Waals surface area contributed by atoms with Crippen LogP contribution in [0.1, 0.15) is 17.4 Å². The first-order chi connectivity index (χ1) is 15.4. The number of aliphatic hydroxyl groups is 4. The van der Waals surface area contributed by atoms with Gasteiger partial charge in [0.25, 0.3) is 0 Å². The van der Waals surface area contributed by atoms with Gasteiger partial charge in [-0.05, 0) is 30.7 Å². The van der Waals surface area contributed by atoms with Crippen molar-refractivity contribution in [2.75, 3.05) is 6.61 Å². The van der Waals surface area contributed by atoms with Crippen molar-refractivity contribution in [2.45, 2.75) is 37.6 Å². The number of aryl methyl sites for hydroxylation is 1. The smallest absolute Gasteiger partial charge is 0.164 e. The zero-order valence-corrected chi connectivity index (χ0v) is 17.9. The predicted octanol–water partition coefficient (Wildman–Crippen LogP) is 2.30. The minimum absolute atomic E-state index is 0.0568. The molecule has 3 aromatic rings. The number of aromatic nitrogens is 1. The zero-order valence-electron chi connectivity index (χ0n) is 17.1. The molecule has 1 fully saturated rings. The van der Waals surface area contributed by atoms with Gasteiger partial charge in [-0.2, -0.15) is 5.26 Å². The summed E-state index contributed by atoms with van der Waals surface area (Å²) in [6.07, 6.45) is -5.56. The van der Waals surface area contributed by atoms with Crippen LogP contribution in [0.15, 0.2) is 53.1 Å². The summed E-state index contributed by atoms with van der Waals surface area (Å²) in [6, 6.07) is 14.7. The Morgan fingerprint density at radius 1 is 1.09 bits per heavy atom. The van der Waals surface area contributed by atoms with Gasteiger partial charge in [0.05, 0.1) is 24.1 Å². The summed E-state index contributed by atoms with van der Waals surface area (Å²) < 4.78 is 12.8. The molecule has 0 bridgehead atoms. The van der Waals surface area contributed by atoms with Crippen LogP contribution >= 0.6 is 12.2 Å². The second-order valence-electron chi connectivity index (χ2n) is 7.67. The summed E-state index contributed by atoms with van der Waals surface area (Å²) in [7, 11) is 0. The molecule has 2 aromatic heterocycles. The lowest BCUT2D eigenvalue weighted by molar-refractivity contribution is -0.251. The Hall–Kier alpha value is -2.84. The number of benzene rings is 1. The highest BCUT2D eigenvalue weighted by molar-refractivity contribution is 7.71. The van der Waals surface area contributed by atoms with E-state index in [0.717, 1.165) is 11.1 Å². The highest BCUT2D eigenvalue weighted by Gasteiger charge is 2.45. The number of ether oxygens (including phenoxy) is 1. The van der Waals surface area contributed by atoms with Gasteiger partial charge in [-0.25, -0.2) is 0 Å². The maximum Gasteiger partial charge on any atom is 0.164 e. The molecule has 1 aromatic carbocycles. The van der Waals surface area contributed by atoms with Crippen molar-refractivity contribution < 1.29 is 29.6 Å². The highest BCUT2D eigenvalue weighted by atomic mass is 32.1. The fraction of sp³-hybridized carbons (Fsp3) is 0.304. The fourth-order valence-corrected chi connectivity index (χ4v) is 4.21. The maximum atomic E-state index is 10.7. The van der Waals surface area contributed by atoms with E-state index in [9.17, 15) is 25.7 Å². The highest BCUT2D eigenvalue weighted by Crippen LogP contribution is 2.37. The number of furan rings is 1. The van der Waals surface area contributed by atoms with Crippen molar-refractivity contribution in [1.82, 2.24) is 4.57 Å². The quantitative estimate of drug-likeness (QED) is 0.442. The minimum atomic E-state index is -1.59. The standard InChI is InChI=1S/C23H22N2O6S/c1-12-4-6-13(7-5-12)16-9-14(17-3-2-8-30-17)15(10-24)23(32)25(16)22-21(29)20(28)19(27)18(11-26)31-22/h2-9,18-22,26-29H,11H2,1H3/t18-,19-,20+,21-,22-/m1/s1. The molecule has 0 amide bonds. The molecule has 0 saturated carbocycles. The average molecular weight is 455 g/mol. The van der Waals surface area contributed by atoms with E-state index < -0.39 is 37.3 Å². The van der Waals surface area contributed by atoms with Crippen molar-refractivity contribution >= 4 is 12.2 Å². The number of nitrogens with zero attached hydrogens (tertiary/aromatic N) is 2.